The van der Waals surface area contributed by atoms with Gasteiger partial charge in [-0.15, -0.1) is 0 Å². The number of Topliss-reactive ketones (excluding diaryl/α,β-unsaturated/α-hetero) is 2. The van der Waals surface area contributed by atoms with Gasteiger partial charge in [-0.2, -0.15) is 0 Å². The number of allylic oxidation sites excluding steroid dienone is 3. The fourth-order valence-electron chi connectivity index (χ4n) is 9.92. The van der Waals surface area contributed by atoms with Crippen LogP contribution in [0.5, 0.6) is 0 Å². The van der Waals surface area contributed by atoms with Gasteiger partial charge in [-0.1, -0.05) is 45.4 Å². The Labute approximate surface area is 351 Å². The lowest BCUT2D eigenvalue weighted by atomic mass is 9.39. The summed E-state index contributed by atoms with van der Waals surface area (Å²) in [6, 6.07) is -1.04. The van der Waals surface area contributed by atoms with Crippen LogP contribution >= 0.6 is 0 Å². The number of esters is 2. The van der Waals surface area contributed by atoms with E-state index >= 15 is 0 Å². The summed E-state index contributed by atoms with van der Waals surface area (Å²) in [7, 11) is 4.74. The molecule has 4 aliphatic rings. The maximum Gasteiger partial charge on any atom is 0.329 e. The van der Waals surface area contributed by atoms with Crippen molar-refractivity contribution in [2.45, 2.75) is 173 Å². The van der Waals surface area contributed by atoms with Gasteiger partial charge in [0.05, 0.1) is 12.2 Å². The first-order valence-electron chi connectivity index (χ1n) is 21.9. The zero-order chi connectivity index (χ0) is 43.6. The average molecular weight is 827 g/mol. The predicted octanol–water partition coefficient (Wildman–Crippen LogP) is 6.01. The standard InChI is InChI=1S/C45H69BNO12/c1-9-32-21-26(2)20-27(3)22-36(56-7)40-37(57-8)24-30(6)45(55,46-40)42(52)43(53)47-19-11-10-12-34(47)44(54)59-41(28(4)13-18-35(32)48)29(5)23-31-14-16-33(17-15-31)58-39(51)25-38(49)50/h21,23,27-28,30-34,36-37,40-41,55H,9-20,22,24-25H2,1-8H3,(H,49,50)/b26-21+,29-23+/t27-,28+,30+,31?,32+,33?,34-,36-,37-,40+,41-,45-/m0/s1. The van der Waals surface area contributed by atoms with E-state index in [9.17, 15) is 33.9 Å². The molecule has 1 saturated carbocycles. The van der Waals surface area contributed by atoms with Crippen molar-refractivity contribution in [2.75, 3.05) is 20.8 Å². The number of piperidine rings is 1. The highest BCUT2D eigenvalue weighted by atomic mass is 16.6. The van der Waals surface area contributed by atoms with Gasteiger partial charge in [0.15, 0.2) is 7.28 Å². The molecular formula is C45H69BNO12. The van der Waals surface area contributed by atoms with Crippen molar-refractivity contribution in [3.05, 3.63) is 23.3 Å². The molecule has 13 nitrogen and oxygen atoms in total. The molecule has 2 N–H and O–H groups in total. The number of carboxylic acid groups (broad SMARTS) is 1. The van der Waals surface area contributed by atoms with Crippen molar-refractivity contribution in [3.63, 3.8) is 0 Å². The van der Waals surface area contributed by atoms with Crippen molar-refractivity contribution >= 4 is 42.7 Å². The van der Waals surface area contributed by atoms with Gasteiger partial charge in [0.1, 0.15) is 36.0 Å². The number of ether oxygens (including phenoxy) is 4. The fourth-order valence-corrected chi connectivity index (χ4v) is 9.92. The number of nitrogens with zero attached hydrogens (tertiary/aromatic N) is 1. The van der Waals surface area contributed by atoms with Gasteiger partial charge in [-0.05, 0) is 126 Å². The molecule has 0 aromatic carbocycles. The van der Waals surface area contributed by atoms with E-state index in [-0.39, 0.29) is 54.6 Å². The van der Waals surface area contributed by atoms with E-state index in [0.29, 0.717) is 77.0 Å². The highest BCUT2D eigenvalue weighted by Crippen LogP contribution is 2.42. The minimum absolute atomic E-state index is 0.0844. The molecule has 2 saturated heterocycles. The third kappa shape index (κ3) is 12.6. The molecule has 0 unspecified atom stereocenters. The summed E-state index contributed by atoms with van der Waals surface area (Å²) in [6.45, 7) is 11.9. The minimum Gasteiger partial charge on any atom is -0.481 e. The fraction of sp³-hybridized carbons (Fsp3) is 0.778. The number of methoxy groups -OCH3 is 2. The monoisotopic (exact) mass is 826 g/mol. The zero-order valence-corrected chi connectivity index (χ0v) is 36.6. The second-order valence-corrected chi connectivity index (χ2v) is 18.0. The minimum atomic E-state index is -2.12. The van der Waals surface area contributed by atoms with E-state index in [4.69, 9.17) is 24.1 Å². The smallest absolute Gasteiger partial charge is 0.329 e. The number of carbonyl (C=O) groups is 6. The number of fused-ring (bicyclic) bond motifs is 3. The number of ketones is 2. The number of amides is 1. The van der Waals surface area contributed by atoms with Gasteiger partial charge in [0, 0.05) is 33.1 Å². The van der Waals surface area contributed by atoms with Crippen LogP contribution in [0.1, 0.15) is 131 Å². The Hall–Kier alpha value is -3.36. The van der Waals surface area contributed by atoms with E-state index < -0.39 is 71.5 Å². The number of hydrogen-bond acceptors (Lipinski definition) is 11. The molecule has 2 bridgehead atoms. The topological polar surface area (TPSA) is 183 Å². The van der Waals surface area contributed by atoms with Crippen molar-refractivity contribution in [2.24, 2.45) is 29.6 Å². The Morgan fingerprint density at radius 3 is 2.27 bits per heavy atom. The van der Waals surface area contributed by atoms with Crippen LogP contribution in [0, 0.1) is 29.6 Å². The van der Waals surface area contributed by atoms with E-state index in [2.05, 4.69) is 19.1 Å². The SMILES string of the molecule is CC[C@@H]1/C=C(\C)C[C@H](C)C[C@H](OC)[C@H]2[B][C@@](O)(C(=O)C(=O)N3CCCC[C@H]3C(=O)O[C@H](/C(C)=C/C3CCC(OC(=O)CC(=O)O)CC3)[C@H](C)CCC1=O)[C@H](C)C[C@@H]2OC. The Kier molecular flexibility index (Phi) is 18.0. The Balaban J connectivity index is 1.67. The number of aliphatic hydroxyl groups is 1. The second-order valence-electron chi connectivity index (χ2n) is 18.0. The van der Waals surface area contributed by atoms with E-state index in [0.717, 1.165) is 11.1 Å². The third-order valence-electron chi connectivity index (χ3n) is 13.4. The maximum absolute atomic E-state index is 14.3. The van der Waals surface area contributed by atoms with E-state index in [1.54, 1.807) is 28.4 Å². The molecule has 329 valence electrons. The molecule has 1 aliphatic carbocycles. The Morgan fingerprint density at radius 2 is 1.64 bits per heavy atom. The predicted molar refractivity (Wildman–Crippen MR) is 221 cm³/mol. The largest absolute Gasteiger partial charge is 0.481 e. The number of cyclic esters (lactones) is 1. The quantitative estimate of drug-likeness (QED) is 0.0958. The number of hydrogen-bond donors (Lipinski definition) is 2. The Bertz CT molecular complexity index is 1570. The number of aliphatic carboxylic acids is 1. The van der Waals surface area contributed by atoms with Crippen LogP contribution in [0.2, 0.25) is 5.82 Å². The summed E-state index contributed by atoms with van der Waals surface area (Å²) in [5.41, 5.74) is -0.228. The van der Waals surface area contributed by atoms with Gasteiger partial charge < -0.3 is 34.1 Å². The lowest BCUT2D eigenvalue weighted by molar-refractivity contribution is -0.166. The highest BCUT2D eigenvalue weighted by Gasteiger charge is 2.55. The molecule has 3 heterocycles. The van der Waals surface area contributed by atoms with Gasteiger partial charge in [0.25, 0.3) is 5.91 Å². The van der Waals surface area contributed by atoms with Gasteiger partial charge in [-0.25, -0.2) is 4.79 Å². The first kappa shape index (κ1) is 48.3. The molecule has 3 aliphatic heterocycles. The normalized spacial score (nSPS) is 37.2. The molecule has 0 aromatic heterocycles. The van der Waals surface area contributed by atoms with Crippen LogP contribution in [-0.4, -0.2) is 114 Å². The van der Waals surface area contributed by atoms with Crippen molar-refractivity contribution in [1.29, 1.82) is 0 Å². The Morgan fingerprint density at radius 1 is 0.983 bits per heavy atom. The first-order valence-corrected chi connectivity index (χ1v) is 21.9. The lowest BCUT2D eigenvalue weighted by Crippen LogP contribution is -2.64. The summed E-state index contributed by atoms with van der Waals surface area (Å²) < 4.78 is 23.7. The van der Waals surface area contributed by atoms with Crippen LogP contribution in [0.15, 0.2) is 23.3 Å². The van der Waals surface area contributed by atoms with Crippen LogP contribution in [0.25, 0.3) is 0 Å². The van der Waals surface area contributed by atoms with Crippen molar-refractivity contribution in [1.82, 2.24) is 4.90 Å². The molecule has 0 aromatic rings. The summed E-state index contributed by atoms with van der Waals surface area (Å²) >= 11 is 0. The number of carboxylic acids is 1. The molecule has 0 spiro atoms. The molecule has 3 fully saturated rings. The second kappa shape index (κ2) is 21.9. The zero-order valence-electron chi connectivity index (χ0n) is 36.6. The number of rotatable bonds is 8. The summed E-state index contributed by atoms with van der Waals surface area (Å²) in [6.07, 6.45) is 8.61. The first-order chi connectivity index (χ1) is 27.9. The summed E-state index contributed by atoms with van der Waals surface area (Å²) in [5, 5.41) is 21.1. The molecule has 10 atom stereocenters. The van der Waals surface area contributed by atoms with E-state index in [1.807, 2.05) is 27.7 Å². The van der Waals surface area contributed by atoms with Gasteiger partial charge >= 0.3 is 17.9 Å². The van der Waals surface area contributed by atoms with Crippen molar-refractivity contribution in [3.8, 4) is 0 Å². The molecule has 14 heteroatoms. The van der Waals surface area contributed by atoms with Gasteiger partial charge in [0.2, 0.25) is 5.78 Å². The maximum atomic E-state index is 14.3. The molecule has 59 heavy (non-hydrogen) atoms. The average Bonchev–Trinajstić information content (AvgIpc) is 3.20. The molecular weight excluding hydrogens is 757 g/mol. The summed E-state index contributed by atoms with van der Waals surface area (Å²) in [5.74, 6) is -5.89. The van der Waals surface area contributed by atoms with Crippen LogP contribution < -0.4 is 0 Å². The van der Waals surface area contributed by atoms with E-state index in [1.165, 1.54) is 4.90 Å². The molecule has 1 radical (unpaired) electrons. The van der Waals surface area contributed by atoms with Crippen LogP contribution in [0.3, 0.4) is 0 Å². The summed E-state index contributed by atoms with van der Waals surface area (Å²) in [4.78, 5) is 80.9. The lowest BCUT2D eigenvalue weighted by Gasteiger charge is -2.47. The number of carbonyl (C=O) groups excluding carboxylic acids is 5. The van der Waals surface area contributed by atoms with Crippen LogP contribution in [0.4, 0.5) is 0 Å². The molecule has 1 amide bonds. The van der Waals surface area contributed by atoms with Gasteiger partial charge in [-0.3, -0.25) is 24.0 Å². The van der Waals surface area contributed by atoms with Crippen molar-refractivity contribution < 1.29 is 57.9 Å². The van der Waals surface area contributed by atoms with Crippen LogP contribution in [-0.2, 0) is 47.7 Å². The molecule has 4 rings (SSSR count). The highest BCUT2D eigenvalue weighted by molar-refractivity contribution is 6.58. The third-order valence-corrected chi connectivity index (χ3v) is 13.4.